The number of hydrogen-bond acceptors (Lipinski definition) is 3. The zero-order valence-electron chi connectivity index (χ0n) is 16.5. The van der Waals surface area contributed by atoms with Crippen LogP contribution < -0.4 is 5.32 Å². The van der Waals surface area contributed by atoms with Gasteiger partial charge in [0.2, 0.25) is 11.8 Å². The van der Waals surface area contributed by atoms with Crippen LogP contribution in [0.1, 0.15) is 40.5 Å². The summed E-state index contributed by atoms with van der Waals surface area (Å²) in [6.45, 7) is 12.6. The summed E-state index contributed by atoms with van der Waals surface area (Å²) >= 11 is 0. The van der Waals surface area contributed by atoms with E-state index in [1.165, 1.54) is 5.57 Å². The molecule has 0 saturated carbocycles. The van der Waals surface area contributed by atoms with Gasteiger partial charge in [-0.3, -0.25) is 9.59 Å². The van der Waals surface area contributed by atoms with Crippen molar-refractivity contribution in [2.75, 3.05) is 39.8 Å². The zero-order chi connectivity index (χ0) is 18.6. The van der Waals surface area contributed by atoms with E-state index >= 15 is 0 Å². The third-order valence-corrected chi connectivity index (χ3v) is 5.95. The molecule has 5 heteroatoms. The number of nitrogens with zero attached hydrogens (tertiary/aromatic N) is 2. The van der Waals surface area contributed by atoms with Gasteiger partial charge in [-0.15, -0.1) is 0 Å². The van der Waals surface area contributed by atoms with E-state index in [4.69, 9.17) is 0 Å². The molecule has 5 nitrogen and oxygen atoms in total. The minimum Gasteiger partial charge on any atom is -0.356 e. The summed E-state index contributed by atoms with van der Waals surface area (Å²) in [7, 11) is 2.11. The Morgan fingerprint density at radius 2 is 1.88 bits per heavy atom. The number of carbonyl (C=O) groups excluding carboxylic acids is 2. The second kappa shape index (κ2) is 8.84. The van der Waals surface area contributed by atoms with Crippen LogP contribution in [0.5, 0.6) is 0 Å². The number of amides is 2. The molecule has 1 heterocycles. The Labute approximate surface area is 152 Å². The standard InChI is InChI=1S/C20H35N3O2/c1-14(2)19-11-17(15(3)10-18(19)13-21-16(4)24)12-20(25)23-8-6-22(5)7-9-23/h10,14,17-19H,6-9,11-13H2,1-5H3,(H,21,24)/t17-,18-,19-/m0/s1. The van der Waals surface area contributed by atoms with E-state index in [1.54, 1.807) is 6.92 Å². The van der Waals surface area contributed by atoms with Crippen molar-refractivity contribution in [2.24, 2.45) is 23.7 Å². The van der Waals surface area contributed by atoms with Gasteiger partial charge >= 0.3 is 0 Å². The number of carbonyl (C=O) groups is 2. The van der Waals surface area contributed by atoms with Crippen LogP contribution in [-0.4, -0.2) is 61.4 Å². The second-order valence-corrected chi connectivity index (χ2v) is 8.24. The highest BCUT2D eigenvalue weighted by Gasteiger charge is 2.33. The summed E-state index contributed by atoms with van der Waals surface area (Å²) in [6.07, 6.45) is 3.98. The molecule has 2 amide bonds. The predicted octanol–water partition coefficient (Wildman–Crippen LogP) is 2.14. The molecule has 0 aromatic carbocycles. The molecule has 1 aliphatic carbocycles. The zero-order valence-corrected chi connectivity index (χ0v) is 16.5. The van der Waals surface area contributed by atoms with Crippen molar-refractivity contribution < 1.29 is 9.59 Å². The van der Waals surface area contributed by atoms with Crippen LogP contribution in [-0.2, 0) is 9.59 Å². The number of nitrogens with one attached hydrogen (secondary N) is 1. The average Bonchev–Trinajstić information content (AvgIpc) is 2.55. The van der Waals surface area contributed by atoms with Gasteiger partial charge in [0, 0.05) is 46.1 Å². The summed E-state index contributed by atoms with van der Waals surface area (Å²) in [5.41, 5.74) is 1.31. The first-order valence-corrected chi connectivity index (χ1v) is 9.67. The lowest BCUT2D eigenvalue weighted by Gasteiger charge is -2.38. The molecule has 0 spiro atoms. The van der Waals surface area contributed by atoms with Crippen LogP contribution in [0.15, 0.2) is 11.6 Å². The Hall–Kier alpha value is -1.36. The van der Waals surface area contributed by atoms with Gasteiger partial charge < -0.3 is 15.1 Å². The van der Waals surface area contributed by atoms with Gasteiger partial charge in [0.05, 0.1) is 0 Å². The molecule has 2 rings (SSSR count). The van der Waals surface area contributed by atoms with Crippen LogP contribution >= 0.6 is 0 Å². The molecule has 25 heavy (non-hydrogen) atoms. The molecule has 0 aromatic rings. The fourth-order valence-electron chi connectivity index (χ4n) is 4.17. The molecular formula is C20H35N3O2. The maximum Gasteiger partial charge on any atom is 0.223 e. The maximum absolute atomic E-state index is 12.7. The molecule has 2 aliphatic rings. The summed E-state index contributed by atoms with van der Waals surface area (Å²) in [6, 6.07) is 0. The molecule has 0 bridgehead atoms. The highest BCUT2D eigenvalue weighted by atomic mass is 16.2. The van der Waals surface area contributed by atoms with Gasteiger partial charge in [0.15, 0.2) is 0 Å². The molecule has 0 radical (unpaired) electrons. The van der Waals surface area contributed by atoms with Crippen molar-refractivity contribution in [3.05, 3.63) is 11.6 Å². The van der Waals surface area contributed by atoms with E-state index in [9.17, 15) is 9.59 Å². The molecule has 1 saturated heterocycles. The van der Waals surface area contributed by atoms with Crippen molar-refractivity contribution in [1.82, 2.24) is 15.1 Å². The van der Waals surface area contributed by atoms with Crippen molar-refractivity contribution in [3.63, 3.8) is 0 Å². The first-order chi connectivity index (χ1) is 11.8. The summed E-state index contributed by atoms with van der Waals surface area (Å²) in [4.78, 5) is 28.3. The summed E-state index contributed by atoms with van der Waals surface area (Å²) in [5.74, 6) is 2.10. The van der Waals surface area contributed by atoms with Crippen LogP contribution in [0.4, 0.5) is 0 Å². The molecule has 1 N–H and O–H groups in total. The van der Waals surface area contributed by atoms with Gasteiger partial charge in [0.25, 0.3) is 0 Å². The fourth-order valence-corrected chi connectivity index (χ4v) is 4.17. The normalized spacial score (nSPS) is 28.0. The number of likely N-dealkylation sites (N-methyl/N-ethyl adjacent to an activating group) is 1. The summed E-state index contributed by atoms with van der Waals surface area (Å²) < 4.78 is 0. The number of hydrogen-bond donors (Lipinski definition) is 1. The van der Waals surface area contributed by atoms with Gasteiger partial charge in [0.1, 0.15) is 0 Å². The van der Waals surface area contributed by atoms with Crippen LogP contribution in [0.2, 0.25) is 0 Å². The first kappa shape index (κ1) is 20.0. The molecule has 0 aromatic heterocycles. The largest absolute Gasteiger partial charge is 0.356 e. The number of piperazine rings is 1. The van der Waals surface area contributed by atoms with Crippen molar-refractivity contribution in [1.29, 1.82) is 0 Å². The minimum atomic E-state index is 0.0286. The molecule has 3 atom stereocenters. The Bertz CT molecular complexity index is 507. The topological polar surface area (TPSA) is 52.7 Å². The Morgan fingerprint density at radius 1 is 1.24 bits per heavy atom. The van der Waals surface area contributed by atoms with E-state index in [0.717, 1.165) is 32.6 Å². The quantitative estimate of drug-likeness (QED) is 0.774. The van der Waals surface area contributed by atoms with E-state index < -0.39 is 0 Å². The SMILES string of the molecule is CC(=O)NC[C@@H]1C=C(C)[C@H](CC(=O)N2CCN(C)CC2)C[C@H]1C(C)C. The lowest BCUT2D eigenvalue weighted by atomic mass is 9.69. The first-order valence-electron chi connectivity index (χ1n) is 9.67. The Kier molecular flexibility index (Phi) is 7.05. The molecule has 1 fully saturated rings. The third kappa shape index (κ3) is 5.56. The molecule has 142 valence electrons. The smallest absolute Gasteiger partial charge is 0.223 e. The fraction of sp³-hybridized carbons (Fsp3) is 0.800. The lowest BCUT2D eigenvalue weighted by molar-refractivity contribution is -0.133. The third-order valence-electron chi connectivity index (χ3n) is 5.95. The van der Waals surface area contributed by atoms with Crippen LogP contribution in [0, 0.1) is 23.7 Å². The monoisotopic (exact) mass is 349 g/mol. The van der Waals surface area contributed by atoms with E-state index in [1.807, 2.05) is 4.90 Å². The number of rotatable bonds is 5. The summed E-state index contributed by atoms with van der Waals surface area (Å²) in [5, 5.41) is 2.97. The maximum atomic E-state index is 12.7. The predicted molar refractivity (Wildman–Crippen MR) is 101 cm³/mol. The van der Waals surface area contributed by atoms with Gasteiger partial charge in [-0.05, 0) is 44.1 Å². The number of allylic oxidation sites excluding steroid dienone is 1. The Morgan fingerprint density at radius 3 is 2.44 bits per heavy atom. The molecular weight excluding hydrogens is 314 g/mol. The van der Waals surface area contributed by atoms with Gasteiger partial charge in [-0.1, -0.05) is 25.5 Å². The van der Waals surface area contributed by atoms with Gasteiger partial charge in [-0.25, -0.2) is 0 Å². The van der Waals surface area contributed by atoms with E-state index in [-0.39, 0.29) is 5.91 Å². The van der Waals surface area contributed by atoms with E-state index in [2.05, 4.69) is 44.1 Å². The second-order valence-electron chi connectivity index (χ2n) is 8.24. The Balaban J connectivity index is 2.00. The van der Waals surface area contributed by atoms with E-state index in [0.29, 0.717) is 42.5 Å². The average molecular weight is 350 g/mol. The molecule has 1 aliphatic heterocycles. The highest BCUT2D eigenvalue weighted by Crippen LogP contribution is 2.39. The van der Waals surface area contributed by atoms with Crippen LogP contribution in [0.25, 0.3) is 0 Å². The minimum absolute atomic E-state index is 0.0286. The van der Waals surface area contributed by atoms with Gasteiger partial charge in [-0.2, -0.15) is 0 Å². The van der Waals surface area contributed by atoms with Crippen molar-refractivity contribution >= 4 is 11.8 Å². The van der Waals surface area contributed by atoms with Crippen molar-refractivity contribution in [2.45, 2.75) is 40.5 Å². The highest BCUT2D eigenvalue weighted by molar-refractivity contribution is 5.77. The lowest BCUT2D eigenvalue weighted by Crippen LogP contribution is -2.47. The van der Waals surface area contributed by atoms with Crippen LogP contribution in [0.3, 0.4) is 0 Å². The van der Waals surface area contributed by atoms with Crippen molar-refractivity contribution in [3.8, 4) is 0 Å². The molecule has 0 unspecified atom stereocenters.